The van der Waals surface area contributed by atoms with Crippen LogP contribution in [0.4, 0.5) is 0 Å². The second-order valence-electron chi connectivity index (χ2n) is 7.61. The first-order valence-corrected chi connectivity index (χ1v) is 9.13. The van der Waals surface area contributed by atoms with Crippen molar-refractivity contribution >= 4 is 5.91 Å². The molecule has 0 bridgehead atoms. The zero-order chi connectivity index (χ0) is 16.6. The molecule has 4 rings (SSSR count). The molecule has 130 valence electrons. The van der Waals surface area contributed by atoms with Crippen LogP contribution in [0.5, 0.6) is 0 Å². The van der Waals surface area contributed by atoms with E-state index >= 15 is 0 Å². The molecule has 6 heteroatoms. The predicted molar refractivity (Wildman–Crippen MR) is 88.9 cm³/mol. The first kappa shape index (κ1) is 16.0. The molecule has 1 aliphatic carbocycles. The van der Waals surface area contributed by atoms with Crippen LogP contribution in [0.25, 0.3) is 0 Å². The van der Waals surface area contributed by atoms with Crippen molar-refractivity contribution in [3.63, 3.8) is 0 Å². The van der Waals surface area contributed by atoms with Crippen molar-refractivity contribution in [2.75, 3.05) is 26.2 Å². The molecular weight excluding hydrogens is 304 g/mol. The molecule has 1 amide bonds. The Bertz CT molecular complexity index is 592. The summed E-state index contributed by atoms with van der Waals surface area (Å²) >= 11 is 0. The third-order valence-electron chi connectivity index (χ3n) is 6.11. The van der Waals surface area contributed by atoms with Crippen molar-refractivity contribution in [1.29, 1.82) is 0 Å². The molecule has 2 saturated heterocycles. The number of likely N-dealkylation sites (tertiary alicyclic amines) is 2. The molecule has 1 aromatic heterocycles. The summed E-state index contributed by atoms with van der Waals surface area (Å²) < 4.78 is 0. The monoisotopic (exact) mass is 330 g/mol. The van der Waals surface area contributed by atoms with Crippen LogP contribution in [-0.2, 0) is 11.3 Å². The first-order chi connectivity index (χ1) is 11.6. The number of carbonyl (C=O) groups is 1. The standard InChI is InChI=1S/C18H26N4O2/c23-17(14-3-1-4-14)22-10-6-18(24)5-9-21(11-15(18)12-22)13-16-19-7-2-8-20-16/h2,7-8,14-15,24H,1,3-6,9-13H2/t15-,18-/m0/s1. The molecule has 1 N–H and O–H groups in total. The maximum atomic E-state index is 12.5. The van der Waals surface area contributed by atoms with E-state index in [0.29, 0.717) is 32.0 Å². The third kappa shape index (κ3) is 3.05. The van der Waals surface area contributed by atoms with Gasteiger partial charge in [0.25, 0.3) is 0 Å². The fraction of sp³-hybridized carbons (Fsp3) is 0.722. The summed E-state index contributed by atoms with van der Waals surface area (Å²) in [6, 6.07) is 1.82. The van der Waals surface area contributed by atoms with E-state index in [-0.39, 0.29) is 11.8 Å². The lowest BCUT2D eigenvalue weighted by molar-refractivity contribution is -0.153. The van der Waals surface area contributed by atoms with Gasteiger partial charge in [-0.2, -0.15) is 0 Å². The highest BCUT2D eigenvalue weighted by atomic mass is 16.3. The number of hydrogen-bond acceptors (Lipinski definition) is 5. The molecule has 2 aliphatic heterocycles. The minimum absolute atomic E-state index is 0.132. The second-order valence-corrected chi connectivity index (χ2v) is 7.61. The molecule has 6 nitrogen and oxygen atoms in total. The van der Waals surface area contributed by atoms with Crippen LogP contribution >= 0.6 is 0 Å². The number of piperidine rings is 2. The fourth-order valence-corrected chi connectivity index (χ4v) is 4.24. The average molecular weight is 330 g/mol. The summed E-state index contributed by atoms with van der Waals surface area (Å²) in [5.74, 6) is 1.51. The van der Waals surface area contributed by atoms with Crippen LogP contribution in [-0.4, -0.2) is 62.6 Å². The topological polar surface area (TPSA) is 69.6 Å². The van der Waals surface area contributed by atoms with Gasteiger partial charge in [-0.25, -0.2) is 9.97 Å². The summed E-state index contributed by atoms with van der Waals surface area (Å²) in [6.45, 7) is 3.79. The van der Waals surface area contributed by atoms with Crippen molar-refractivity contribution in [3.8, 4) is 0 Å². The van der Waals surface area contributed by atoms with E-state index in [1.807, 2.05) is 11.0 Å². The number of aliphatic hydroxyl groups is 1. The minimum atomic E-state index is -0.607. The molecule has 1 aromatic rings. The Labute approximate surface area is 142 Å². The predicted octanol–water partition coefficient (Wildman–Crippen LogP) is 1.06. The van der Waals surface area contributed by atoms with Crippen molar-refractivity contribution in [2.45, 2.75) is 44.2 Å². The average Bonchev–Trinajstić information content (AvgIpc) is 2.54. The van der Waals surface area contributed by atoms with Crippen LogP contribution in [0, 0.1) is 11.8 Å². The van der Waals surface area contributed by atoms with Crippen LogP contribution in [0.1, 0.15) is 37.9 Å². The van der Waals surface area contributed by atoms with Gasteiger partial charge in [-0.1, -0.05) is 6.42 Å². The Hall–Kier alpha value is -1.53. The maximum Gasteiger partial charge on any atom is 0.225 e. The smallest absolute Gasteiger partial charge is 0.225 e. The zero-order valence-corrected chi connectivity index (χ0v) is 14.1. The molecule has 0 spiro atoms. The zero-order valence-electron chi connectivity index (χ0n) is 14.1. The van der Waals surface area contributed by atoms with Gasteiger partial charge in [0.05, 0.1) is 12.1 Å². The molecule has 0 radical (unpaired) electrons. The maximum absolute atomic E-state index is 12.5. The van der Waals surface area contributed by atoms with E-state index in [1.54, 1.807) is 12.4 Å². The first-order valence-electron chi connectivity index (χ1n) is 9.13. The number of aromatic nitrogens is 2. The Morgan fingerprint density at radius 1 is 1.21 bits per heavy atom. The van der Waals surface area contributed by atoms with Gasteiger partial charge < -0.3 is 10.0 Å². The summed E-state index contributed by atoms with van der Waals surface area (Å²) in [5, 5.41) is 11.0. The normalized spacial score (nSPS) is 31.4. The molecule has 3 aliphatic rings. The molecule has 0 unspecified atom stereocenters. The number of rotatable bonds is 3. The molecule has 0 aromatic carbocycles. The number of amides is 1. The van der Waals surface area contributed by atoms with Crippen molar-refractivity contribution in [2.24, 2.45) is 11.8 Å². The Morgan fingerprint density at radius 2 is 1.96 bits per heavy atom. The molecule has 1 saturated carbocycles. The Kier molecular flexibility index (Phi) is 4.26. The third-order valence-corrected chi connectivity index (χ3v) is 6.11. The van der Waals surface area contributed by atoms with E-state index in [0.717, 1.165) is 38.2 Å². The Morgan fingerprint density at radius 3 is 2.67 bits per heavy atom. The Balaban J connectivity index is 1.40. The van der Waals surface area contributed by atoms with Gasteiger partial charge in [0, 0.05) is 50.4 Å². The van der Waals surface area contributed by atoms with Gasteiger partial charge in [0.15, 0.2) is 0 Å². The van der Waals surface area contributed by atoms with Gasteiger partial charge in [0.2, 0.25) is 5.91 Å². The summed E-state index contributed by atoms with van der Waals surface area (Å²) in [4.78, 5) is 25.5. The van der Waals surface area contributed by atoms with Gasteiger partial charge in [-0.05, 0) is 31.7 Å². The summed E-state index contributed by atoms with van der Waals surface area (Å²) in [7, 11) is 0. The summed E-state index contributed by atoms with van der Waals surface area (Å²) in [5.41, 5.74) is -0.607. The second kappa shape index (κ2) is 6.41. The van der Waals surface area contributed by atoms with E-state index in [2.05, 4.69) is 14.9 Å². The quantitative estimate of drug-likeness (QED) is 0.897. The fourth-order valence-electron chi connectivity index (χ4n) is 4.24. The highest BCUT2D eigenvalue weighted by Gasteiger charge is 2.46. The highest BCUT2D eigenvalue weighted by Crippen LogP contribution is 2.37. The van der Waals surface area contributed by atoms with E-state index in [9.17, 15) is 9.90 Å². The van der Waals surface area contributed by atoms with Crippen LogP contribution in [0.15, 0.2) is 18.5 Å². The van der Waals surface area contributed by atoms with Crippen molar-refractivity contribution in [3.05, 3.63) is 24.3 Å². The van der Waals surface area contributed by atoms with Gasteiger partial charge >= 0.3 is 0 Å². The minimum Gasteiger partial charge on any atom is -0.389 e. The van der Waals surface area contributed by atoms with E-state index in [4.69, 9.17) is 0 Å². The molecule has 24 heavy (non-hydrogen) atoms. The van der Waals surface area contributed by atoms with Crippen LogP contribution < -0.4 is 0 Å². The SMILES string of the molecule is O=C(C1CCC1)N1CC[C@@]2(O)CCN(Cc3ncccn3)C[C@H]2C1. The number of hydrogen-bond donors (Lipinski definition) is 1. The number of carbonyl (C=O) groups excluding carboxylic acids is 1. The highest BCUT2D eigenvalue weighted by molar-refractivity contribution is 5.79. The van der Waals surface area contributed by atoms with Gasteiger partial charge in [-0.3, -0.25) is 9.69 Å². The lowest BCUT2D eigenvalue weighted by Crippen LogP contribution is -2.61. The molecule has 3 fully saturated rings. The van der Waals surface area contributed by atoms with Crippen molar-refractivity contribution < 1.29 is 9.90 Å². The van der Waals surface area contributed by atoms with Gasteiger partial charge in [0.1, 0.15) is 5.82 Å². The summed E-state index contributed by atoms with van der Waals surface area (Å²) in [6.07, 6.45) is 8.29. The van der Waals surface area contributed by atoms with Crippen LogP contribution in [0.3, 0.4) is 0 Å². The lowest BCUT2D eigenvalue weighted by atomic mass is 9.75. The van der Waals surface area contributed by atoms with Crippen LogP contribution in [0.2, 0.25) is 0 Å². The van der Waals surface area contributed by atoms with Gasteiger partial charge in [-0.15, -0.1) is 0 Å². The van der Waals surface area contributed by atoms with E-state index in [1.165, 1.54) is 6.42 Å². The number of fused-ring (bicyclic) bond motifs is 1. The number of nitrogens with zero attached hydrogens (tertiary/aromatic N) is 4. The molecule has 3 heterocycles. The largest absolute Gasteiger partial charge is 0.389 e. The van der Waals surface area contributed by atoms with Crippen molar-refractivity contribution in [1.82, 2.24) is 19.8 Å². The molecule has 2 atom stereocenters. The lowest BCUT2D eigenvalue weighted by Gasteiger charge is -2.50. The van der Waals surface area contributed by atoms with E-state index < -0.39 is 5.60 Å². The molecular formula is C18H26N4O2.